The summed E-state index contributed by atoms with van der Waals surface area (Å²) in [6.07, 6.45) is -0.0988. The van der Waals surface area contributed by atoms with E-state index in [-0.39, 0.29) is 17.2 Å². The van der Waals surface area contributed by atoms with E-state index in [0.29, 0.717) is 5.69 Å². The summed E-state index contributed by atoms with van der Waals surface area (Å²) in [7, 11) is 0. The SMILES string of the molecule is CCC(C)c1ccccc1NC(=O)C(C)OC(=O)c1ccc(F)cc1N. The maximum Gasteiger partial charge on any atom is 0.341 e. The van der Waals surface area contributed by atoms with Gasteiger partial charge in [0.1, 0.15) is 5.82 Å². The van der Waals surface area contributed by atoms with Crippen molar-refractivity contribution in [3.63, 3.8) is 0 Å². The van der Waals surface area contributed by atoms with Crippen molar-refractivity contribution in [3.8, 4) is 0 Å². The molecule has 2 atom stereocenters. The average molecular weight is 358 g/mol. The quantitative estimate of drug-likeness (QED) is 0.601. The Morgan fingerprint density at radius 2 is 1.88 bits per heavy atom. The van der Waals surface area contributed by atoms with Crippen LogP contribution in [0.25, 0.3) is 0 Å². The molecule has 0 bridgehead atoms. The highest BCUT2D eigenvalue weighted by Crippen LogP contribution is 2.26. The third kappa shape index (κ3) is 4.59. The number of para-hydroxylation sites is 1. The van der Waals surface area contributed by atoms with Crippen molar-refractivity contribution in [1.82, 2.24) is 0 Å². The zero-order chi connectivity index (χ0) is 19.3. The summed E-state index contributed by atoms with van der Waals surface area (Å²) < 4.78 is 18.2. The molecular formula is C20H23FN2O3. The van der Waals surface area contributed by atoms with Gasteiger partial charge < -0.3 is 15.8 Å². The lowest BCUT2D eigenvalue weighted by Crippen LogP contribution is -2.30. The predicted octanol–water partition coefficient (Wildman–Crippen LogP) is 4.11. The molecule has 0 aliphatic carbocycles. The monoisotopic (exact) mass is 358 g/mol. The first-order valence-corrected chi connectivity index (χ1v) is 8.49. The van der Waals surface area contributed by atoms with Gasteiger partial charge in [-0.05, 0) is 49.1 Å². The standard InChI is InChI=1S/C20H23FN2O3/c1-4-12(2)15-7-5-6-8-18(15)23-19(24)13(3)26-20(25)16-10-9-14(21)11-17(16)22/h5-13H,4,22H2,1-3H3,(H,23,24). The third-order valence-electron chi connectivity index (χ3n) is 4.25. The van der Waals surface area contributed by atoms with Crippen LogP contribution in [-0.2, 0) is 9.53 Å². The van der Waals surface area contributed by atoms with Gasteiger partial charge in [0.25, 0.3) is 5.91 Å². The Bertz CT molecular complexity index is 807. The largest absolute Gasteiger partial charge is 0.449 e. The summed E-state index contributed by atoms with van der Waals surface area (Å²) in [5.41, 5.74) is 7.32. The van der Waals surface area contributed by atoms with Crippen molar-refractivity contribution in [3.05, 3.63) is 59.4 Å². The highest BCUT2D eigenvalue weighted by atomic mass is 19.1. The number of halogens is 1. The second-order valence-corrected chi connectivity index (χ2v) is 6.16. The van der Waals surface area contributed by atoms with E-state index in [1.807, 2.05) is 24.3 Å². The zero-order valence-electron chi connectivity index (χ0n) is 15.1. The molecule has 0 fully saturated rings. The van der Waals surface area contributed by atoms with Gasteiger partial charge in [-0.25, -0.2) is 9.18 Å². The first-order chi connectivity index (χ1) is 12.3. The van der Waals surface area contributed by atoms with Crippen LogP contribution in [-0.4, -0.2) is 18.0 Å². The minimum atomic E-state index is -1.03. The van der Waals surface area contributed by atoms with Gasteiger partial charge in [-0.3, -0.25) is 4.79 Å². The number of nitrogen functional groups attached to an aromatic ring is 1. The van der Waals surface area contributed by atoms with Crippen LogP contribution in [0.15, 0.2) is 42.5 Å². The molecule has 2 unspecified atom stereocenters. The summed E-state index contributed by atoms with van der Waals surface area (Å²) in [5.74, 6) is -1.50. The Balaban J connectivity index is 2.07. The number of amides is 1. The van der Waals surface area contributed by atoms with E-state index in [0.717, 1.165) is 24.1 Å². The molecular weight excluding hydrogens is 335 g/mol. The maximum atomic E-state index is 13.1. The van der Waals surface area contributed by atoms with E-state index in [9.17, 15) is 14.0 Å². The first-order valence-electron chi connectivity index (χ1n) is 8.49. The smallest absolute Gasteiger partial charge is 0.341 e. The molecule has 0 saturated carbocycles. The number of carbonyl (C=O) groups is 2. The van der Waals surface area contributed by atoms with Gasteiger partial charge in [0, 0.05) is 11.4 Å². The third-order valence-corrected chi connectivity index (χ3v) is 4.25. The Labute approximate surface area is 152 Å². The van der Waals surface area contributed by atoms with Crippen molar-refractivity contribution < 1.29 is 18.7 Å². The Kier molecular flexibility index (Phi) is 6.33. The molecule has 0 heterocycles. The van der Waals surface area contributed by atoms with Crippen molar-refractivity contribution >= 4 is 23.3 Å². The number of nitrogens with one attached hydrogen (secondary N) is 1. The predicted molar refractivity (Wildman–Crippen MR) is 99.5 cm³/mol. The number of carbonyl (C=O) groups excluding carboxylic acids is 2. The number of hydrogen-bond acceptors (Lipinski definition) is 4. The lowest BCUT2D eigenvalue weighted by molar-refractivity contribution is -0.123. The number of ether oxygens (including phenoxy) is 1. The minimum absolute atomic E-state index is 0.0195. The van der Waals surface area contributed by atoms with Crippen LogP contribution in [0.4, 0.5) is 15.8 Å². The maximum absolute atomic E-state index is 13.1. The molecule has 26 heavy (non-hydrogen) atoms. The normalized spacial score (nSPS) is 12.9. The number of nitrogens with two attached hydrogens (primary N) is 1. The molecule has 0 aromatic heterocycles. The summed E-state index contributed by atoms with van der Waals surface area (Å²) in [5, 5.41) is 2.80. The Hall–Kier alpha value is -2.89. The Morgan fingerprint density at radius 3 is 2.54 bits per heavy atom. The molecule has 1 amide bonds. The number of hydrogen-bond donors (Lipinski definition) is 2. The molecule has 5 nitrogen and oxygen atoms in total. The molecule has 2 aromatic rings. The van der Waals surface area contributed by atoms with Gasteiger partial charge in [-0.2, -0.15) is 0 Å². The zero-order valence-corrected chi connectivity index (χ0v) is 15.1. The molecule has 138 valence electrons. The molecule has 2 rings (SSSR count). The van der Waals surface area contributed by atoms with Gasteiger partial charge in [0.2, 0.25) is 0 Å². The van der Waals surface area contributed by atoms with Crippen LogP contribution in [0.3, 0.4) is 0 Å². The fraction of sp³-hybridized carbons (Fsp3) is 0.300. The lowest BCUT2D eigenvalue weighted by atomic mass is 9.97. The molecule has 2 aromatic carbocycles. The van der Waals surface area contributed by atoms with Crippen molar-refractivity contribution in [1.29, 1.82) is 0 Å². The lowest BCUT2D eigenvalue weighted by Gasteiger charge is -2.18. The van der Waals surface area contributed by atoms with Crippen LogP contribution >= 0.6 is 0 Å². The van der Waals surface area contributed by atoms with Crippen LogP contribution in [0.2, 0.25) is 0 Å². The number of anilines is 2. The van der Waals surface area contributed by atoms with E-state index >= 15 is 0 Å². The van der Waals surface area contributed by atoms with Crippen LogP contribution in [0.1, 0.15) is 49.0 Å². The summed E-state index contributed by atoms with van der Waals surface area (Å²) in [4.78, 5) is 24.6. The first kappa shape index (κ1) is 19.4. The number of benzene rings is 2. The molecule has 0 radical (unpaired) electrons. The minimum Gasteiger partial charge on any atom is -0.449 e. The average Bonchev–Trinajstić information content (AvgIpc) is 2.61. The van der Waals surface area contributed by atoms with Crippen molar-refractivity contribution in [2.24, 2.45) is 0 Å². The van der Waals surface area contributed by atoms with Crippen LogP contribution in [0, 0.1) is 5.82 Å². The van der Waals surface area contributed by atoms with Crippen molar-refractivity contribution in [2.45, 2.75) is 39.2 Å². The molecule has 0 saturated heterocycles. The Morgan fingerprint density at radius 1 is 1.19 bits per heavy atom. The molecule has 0 aliphatic heterocycles. The van der Waals surface area contributed by atoms with E-state index < -0.39 is 23.8 Å². The van der Waals surface area contributed by atoms with E-state index in [4.69, 9.17) is 10.5 Å². The van der Waals surface area contributed by atoms with E-state index in [2.05, 4.69) is 19.2 Å². The highest BCUT2D eigenvalue weighted by Gasteiger charge is 2.21. The number of esters is 1. The van der Waals surface area contributed by atoms with E-state index in [1.165, 1.54) is 13.0 Å². The topological polar surface area (TPSA) is 81.4 Å². The molecule has 0 aliphatic rings. The van der Waals surface area contributed by atoms with Crippen molar-refractivity contribution in [2.75, 3.05) is 11.1 Å². The summed E-state index contributed by atoms with van der Waals surface area (Å²) >= 11 is 0. The number of rotatable bonds is 6. The van der Waals surface area contributed by atoms with Gasteiger partial charge >= 0.3 is 5.97 Å². The van der Waals surface area contributed by atoms with Gasteiger partial charge in [-0.15, -0.1) is 0 Å². The highest BCUT2D eigenvalue weighted by molar-refractivity contribution is 5.99. The van der Waals surface area contributed by atoms with Gasteiger partial charge in [-0.1, -0.05) is 32.0 Å². The van der Waals surface area contributed by atoms with Crippen LogP contribution < -0.4 is 11.1 Å². The molecule has 3 N–H and O–H groups in total. The van der Waals surface area contributed by atoms with Gasteiger partial charge in [0.15, 0.2) is 6.10 Å². The fourth-order valence-corrected chi connectivity index (χ4v) is 2.49. The van der Waals surface area contributed by atoms with Crippen LogP contribution in [0.5, 0.6) is 0 Å². The second-order valence-electron chi connectivity index (χ2n) is 6.16. The van der Waals surface area contributed by atoms with E-state index in [1.54, 1.807) is 0 Å². The fourth-order valence-electron chi connectivity index (χ4n) is 2.49. The summed E-state index contributed by atoms with van der Waals surface area (Å²) in [6, 6.07) is 10.9. The molecule has 6 heteroatoms. The summed E-state index contributed by atoms with van der Waals surface area (Å²) in [6.45, 7) is 5.62. The molecule has 0 spiro atoms. The second kappa shape index (κ2) is 8.47. The van der Waals surface area contributed by atoms with Gasteiger partial charge in [0.05, 0.1) is 5.56 Å².